The van der Waals surface area contributed by atoms with Crippen LogP contribution in [-0.2, 0) is 9.59 Å². The van der Waals surface area contributed by atoms with Crippen LogP contribution in [0.1, 0.15) is 6.92 Å². The van der Waals surface area contributed by atoms with Crippen LogP contribution in [0.25, 0.3) is 0 Å². The number of hydrogen-bond donors (Lipinski definition) is 2. The van der Waals surface area contributed by atoms with Crippen molar-refractivity contribution in [3.05, 3.63) is 0 Å². The van der Waals surface area contributed by atoms with Crippen LogP contribution in [-0.4, -0.2) is 29.9 Å². The maximum absolute atomic E-state index is 10.2. The molecule has 0 aromatic rings. The molecule has 1 unspecified atom stereocenters. The lowest BCUT2D eigenvalue weighted by Crippen LogP contribution is -2.30. The first kappa shape index (κ1) is 8.10. The third-order valence-corrected chi connectivity index (χ3v) is 0.837. The molecule has 1 atom stereocenters. The van der Waals surface area contributed by atoms with Gasteiger partial charge < -0.3 is 10.4 Å². The number of ketones is 1. The van der Waals surface area contributed by atoms with E-state index >= 15 is 0 Å². The molecule has 4 nitrogen and oxygen atoms in total. The molecule has 0 bridgehead atoms. The highest BCUT2D eigenvalue weighted by Gasteiger charge is 2.07. The molecule has 0 aliphatic rings. The quantitative estimate of drug-likeness (QED) is 0.459. The van der Waals surface area contributed by atoms with Crippen molar-refractivity contribution in [2.24, 2.45) is 0 Å². The van der Waals surface area contributed by atoms with Gasteiger partial charge in [-0.25, -0.2) is 0 Å². The van der Waals surface area contributed by atoms with Gasteiger partial charge in [-0.05, 0) is 6.92 Å². The summed E-state index contributed by atoms with van der Waals surface area (Å²) >= 11 is 0. The second kappa shape index (κ2) is 4.03. The van der Waals surface area contributed by atoms with E-state index in [9.17, 15) is 9.59 Å². The van der Waals surface area contributed by atoms with Crippen molar-refractivity contribution in [2.75, 3.05) is 6.54 Å². The zero-order valence-corrected chi connectivity index (χ0v) is 5.05. The largest absolute Gasteiger partial charge is 0.383 e. The highest BCUT2D eigenvalue weighted by molar-refractivity contribution is 5.80. The fourth-order valence-electron chi connectivity index (χ4n) is 0.282. The van der Waals surface area contributed by atoms with Gasteiger partial charge in [-0.3, -0.25) is 9.59 Å². The minimum absolute atomic E-state index is 0.0567. The molecule has 0 spiro atoms. The number of nitrogens with one attached hydrogen (secondary N) is 1. The predicted molar refractivity (Wildman–Crippen MR) is 30.4 cm³/mol. The minimum atomic E-state index is -1.09. The Hall–Kier alpha value is -0.900. The predicted octanol–water partition coefficient (Wildman–Crippen LogP) is -1.41. The van der Waals surface area contributed by atoms with Crippen LogP contribution in [0.5, 0.6) is 0 Å². The maximum atomic E-state index is 10.2. The van der Waals surface area contributed by atoms with Crippen LogP contribution in [0.15, 0.2) is 0 Å². The van der Waals surface area contributed by atoms with Crippen molar-refractivity contribution in [2.45, 2.75) is 13.0 Å². The van der Waals surface area contributed by atoms with E-state index in [4.69, 9.17) is 5.11 Å². The smallest absolute Gasteiger partial charge is 0.309 e. The molecule has 0 aromatic carbocycles. The normalized spacial score (nSPS) is 12.2. The first-order valence-electron chi connectivity index (χ1n) is 2.47. The van der Waals surface area contributed by atoms with Crippen molar-refractivity contribution in [3.63, 3.8) is 0 Å². The second-order valence-corrected chi connectivity index (χ2v) is 1.61. The molecule has 2 N–H and O–H groups in total. The molecule has 0 heterocycles. The summed E-state index contributed by atoms with van der Waals surface area (Å²) in [4.78, 5) is 19.7. The Morgan fingerprint density at radius 1 is 1.89 bits per heavy atom. The fourth-order valence-corrected chi connectivity index (χ4v) is 0.282. The van der Waals surface area contributed by atoms with Gasteiger partial charge in [-0.1, -0.05) is 0 Å². The highest BCUT2D eigenvalue weighted by Crippen LogP contribution is 1.79. The van der Waals surface area contributed by atoms with Gasteiger partial charge in [0.25, 0.3) is 0 Å². The number of rotatable bonds is 4. The Bertz CT molecular complexity index is 113. The molecule has 4 heteroatoms. The number of carbonyl (C=O) groups excluding carboxylic acids is 2. The Morgan fingerprint density at radius 2 is 2.44 bits per heavy atom. The molecule has 0 aliphatic carbocycles. The fraction of sp³-hybridized carbons (Fsp3) is 0.600. The van der Waals surface area contributed by atoms with E-state index in [1.807, 2.05) is 0 Å². The van der Waals surface area contributed by atoms with Crippen LogP contribution in [0, 0.1) is 0 Å². The van der Waals surface area contributed by atoms with E-state index in [-0.39, 0.29) is 12.3 Å². The molecule has 0 aliphatic heterocycles. The number of hydrogen-bond acceptors (Lipinski definition) is 3. The van der Waals surface area contributed by atoms with E-state index < -0.39 is 6.10 Å². The summed E-state index contributed by atoms with van der Waals surface area (Å²) in [5.74, 6) is -0.363. The first-order valence-corrected chi connectivity index (χ1v) is 2.47. The van der Waals surface area contributed by atoms with Gasteiger partial charge >= 0.3 is 6.41 Å². The highest BCUT2D eigenvalue weighted by atomic mass is 16.3. The Morgan fingerprint density at radius 3 is 2.78 bits per heavy atom. The van der Waals surface area contributed by atoms with E-state index in [1.54, 1.807) is 0 Å². The second-order valence-electron chi connectivity index (χ2n) is 1.61. The summed E-state index contributed by atoms with van der Waals surface area (Å²) in [5.41, 5.74) is 0. The van der Waals surface area contributed by atoms with Gasteiger partial charge in [0, 0.05) is 0 Å². The third-order valence-electron chi connectivity index (χ3n) is 0.837. The molecular formula is C5H8NO3. The van der Waals surface area contributed by atoms with Gasteiger partial charge in [-0.15, -0.1) is 0 Å². The Balaban J connectivity index is 3.37. The van der Waals surface area contributed by atoms with Crippen LogP contribution < -0.4 is 5.32 Å². The van der Waals surface area contributed by atoms with Crippen molar-refractivity contribution < 1.29 is 14.7 Å². The Labute approximate surface area is 52.9 Å². The molecule has 0 fully saturated rings. The summed E-state index contributed by atoms with van der Waals surface area (Å²) in [6.07, 6.45) is 0.250. The zero-order chi connectivity index (χ0) is 7.28. The summed E-state index contributed by atoms with van der Waals surface area (Å²) in [6, 6.07) is 0. The lowest BCUT2D eigenvalue weighted by atomic mass is 10.2. The summed E-state index contributed by atoms with van der Waals surface area (Å²) in [6.45, 7) is 1.19. The molecule has 0 rings (SSSR count). The van der Waals surface area contributed by atoms with E-state index in [0.717, 1.165) is 0 Å². The molecule has 1 radical (unpaired) electrons. The monoisotopic (exact) mass is 130 g/mol. The van der Waals surface area contributed by atoms with Gasteiger partial charge in [0.1, 0.15) is 6.10 Å². The van der Waals surface area contributed by atoms with Gasteiger partial charge in [0.15, 0.2) is 5.78 Å². The summed E-state index contributed by atoms with van der Waals surface area (Å²) in [7, 11) is 0. The van der Waals surface area contributed by atoms with Gasteiger partial charge in [0.05, 0.1) is 6.54 Å². The van der Waals surface area contributed by atoms with Crippen molar-refractivity contribution in [1.82, 2.24) is 5.32 Å². The van der Waals surface area contributed by atoms with Crippen LogP contribution in [0.3, 0.4) is 0 Å². The van der Waals surface area contributed by atoms with Gasteiger partial charge in [0.2, 0.25) is 0 Å². The molecule has 51 valence electrons. The standard InChI is InChI=1S/C5H8NO3/c1-4(8)5(9)2-6-3-7/h5,9H,2H2,1H3,(H,6,7). The van der Waals surface area contributed by atoms with Gasteiger partial charge in [-0.2, -0.15) is 0 Å². The number of carbonyl (C=O) groups is 1. The van der Waals surface area contributed by atoms with Crippen LogP contribution in [0.4, 0.5) is 0 Å². The van der Waals surface area contributed by atoms with Crippen molar-refractivity contribution in [3.8, 4) is 0 Å². The maximum Gasteiger partial charge on any atom is 0.309 e. The molecule has 0 saturated heterocycles. The summed E-state index contributed by atoms with van der Waals surface area (Å²) in [5, 5.41) is 10.7. The zero-order valence-electron chi connectivity index (χ0n) is 5.05. The van der Waals surface area contributed by atoms with Crippen molar-refractivity contribution >= 4 is 12.2 Å². The minimum Gasteiger partial charge on any atom is -0.383 e. The van der Waals surface area contributed by atoms with E-state index in [1.165, 1.54) is 13.3 Å². The molecule has 1 amide bonds. The molecule has 9 heavy (non-hydrogen) atoms. The van der Waals surface area contributed by atoms with Crippen LogP contribution in [0.2, 0.25) is 0 Å². The number of aliphatic hydroxyl groups is 1. The average Bonchev–Trinajstić information content (AvgIpc) is 1.82. The number of amides is 1. The third kappa shape index (κ3) is 3.66. The SMILES string of the molecule is CC(=O)C(O)CN[C]=O. The molecular weight excluding hydrogens is 122 g/mol. The molecule has 0 saturated carbocycles. The van der Waals surface area contributed by atoms with Crippen molar-refractivity contribution in [1.29, 1.82) is 0 Å². The molecule has 0 aromatic heterocycles. The summed E-state index contributed by atoms with van der Waals surface area (Å²) < 4.78 is 0. The van der Waals surface area contributed by atoms with E-state index in [0.29, 0.717) is 0 Å². The Kier molecular flexibility index (Phi) is 3.62. The first-order chi connectivity index (χ1) is 4.18. The van der Waals surface area contributed by atoms with Crippen LogP contribution >= 0.6 is 0 Å². The van der Waals surface area contributed by atoms with E-state index in [2.05, 4.69) is 5.32 Å². The lowest BCUT2D eigenvalue weighted by Gasteiger charge is -2.02. The number of aliphatic hydroxyl groups excluding tert-OH is 1. The average molecular weight is 130 g/mol. The lowest BCUT2D eigenvalue weighted by molar-refractivity contribution is -0.124. The topological polar surface area (TPSA) is 66.4 Å². The number of Topliss-reactive ketones (excluding diaryl/α,β-unsaturated/α-hetero) is 1.